The van der Waals surface area contributed by atoms with Crippen molar-refractivity contribution in [2.24, 2.45) is 5.92 Å². The van der Waals surface area contributed by atoms with Gasteiger partial charge in [0.25, 0.3) is 0 Å². The molecule has 2 aliphatic rings. The van der Waals surface area contributed by atoms with Crippen molar-refractivity contribution in [3.05, 3.63) is 72.6 Å². The molecule has 7 heteroatoms. The van der Waals surface area contributed by atoms with Crippen LogP contribution < -0.4 is 5.32 Å². The van der Waals surface area contributed by atoms with Crippen LogP contribution in [0.3, 0.4) is 0 Å². The number of urea groups is 1. The van der Waals surface area contributed by atoms with E-state index in [0.29, 0.717) is 31.6 Å². The number of aromatic nitrogens is 3. The minimum atomic E-state index is -0.0474. The first kappa shape index (κ1) is 17.9. The number of likely N-dealkylation sites (tertiary alicyclic amines) is 1. The fourth-order valence-corrected chi connectivity index (χ4v) is 4.53. The molecule has 1 aromatic heterocycles. The summed E-state index contributed by atoms with van der Waals surface area (Å²) in [5.41, 5.74) is 2.95. The molecule has 2 saturated heterocycles. The molecule has 3 aromatic rings. The van der Waals surface area contributed by atoms with Crippen molar-refractivity contribution in [1.29, 1.82) is 0 Å². The molecule has 1 N–H and O–H groups in total. The lowest BCUT2D eigenvalue weighted by molar-refractivity contribution is 0.0272. The summed E-state index contributed by atoms with van der Waals surface area (Å²) >= 11 is 0. The van der Waals surface area contributed by atoms with E-state index in [0.717, 1.165) is 17.8 Å². The lowest BCUT2D eigenvalue weighted by Crippen LogP contribution is -2.43. The molecule has 148 valence electrons. The number of benzene rings is 2. The maximum atomic E-state index is 13.1. The number of hydrogen-bond donors (Lipinski definition) is 1. The quantitative estimate of drug-likeness (QED) is 0.746. The Hall–Kier alpha value is -3.19. The van der Waals surface area contributed by atoms with Crippen molar-refractivity contribution in [2.45, 2.75) is 18.4 Å². The molecular formula is C22H23N5O2. The van der Waals surface area contributed by atoms with Gasteiger partial charge in [-0.1, -0.05) is 35.5 Å². The van der Waals surface area contributed by atoms with Crippen molar-refractivity contribution >= 4 is 11.7 Å². The second kappa shape index (κ2) is 7.67. The third-order valence-electron chi connectivity index (χ3n) is 5.97. The van der Waals surface area contributed by atoms with Gasteiger partial charge in [-0.05, 0) is 36.2 Å². The Morgan fingerprint density at radius 2 is 1.93 bits per heavy atom. The van der Waals surface area contributed by atoms with Crippen LogP contribution in [0.25, 0.3) is 5.69 Å². The topological polar surface area (TPSA) is 72.3 Å². The molecule has 2 aliphatic heterocycles. The summed E-state index contributed by atoms with van der Waals surface area (Å²) in [6.45, 7) is 2.13. The number of ether oxygens (including phenoxy) is 1. The number of amides is 2. The monoisotopic (exact) mass is 389 g/mol. The molecule has 29 heavy (non-hydrogen) atoms. The molecule has 2 aromatic carbocycles. The van der Waals surface area contributed by atoms with Gasteiger partial charge in [0, 0.05) is 36.7 Å². The van der Waals surface area contributed by atoms with Crippen LogP contribution in [0.15, 0.2) is 67.0 Å². The Morgan fingerprint density at radius 1 is 1.10 bits per heavy atom. The SMILES string of the molecule is O=C(Nc1ccc(-n2ccnn2)cc1)N1CC(c2ccccc2)C2COCCC21. The van der Waals surface area contributed by atoms with E-state index < -0.39 is 0 Å². The van der Waals surface area contributed by atoms with Gasteiger partial charge in [0.2, 0.25) is 0 Å². The van der Waals surface area contributed by atoms with Gasteiger partial charge in [-0.3, -0.25) is 0 Å². The molecule has 0 spiro atoms. The first-order valence-electron chi connectivity index (χ1n) is 9.96. The van der Waals surface area contributed by atoms with E-state index in [1.807, 2.05) is 35.2 Å². The number of hydrogen-bond acceptors (Lipinski definition) is 4. The molecule has 7 nitrogen and oxygen atoms in total. The summed E-state index contributed by atoms with van der Waals surface area (Å²) in [7, 11) is 0. The van der Waals surface area contributed by atoms with Crippen LogP contribution in [-0.4, -0.2) is 51.7 Å². The maximum absolute atomic E-state index is 13.1. The number of anilines is 1. The van der Waals surface area contributed by atoms with Crippen molar-refractivity contribution in [3.63, 3.8) is 0 Å². The number of fused-ring (bicyclic) bond motifs is 1. The Balaban J connectivity index is 1.32. The first-order valence-corrected chi connectivity index (χ1v) is 9.96. The Morgan fingerprint density at radius 3 is 2.69 bits per heavy atom. The fourth-order valence-electron chi connectivity index (χ4n) is 4.53. The van der Waals surface area contributed by atoms with E-state index in [1.54, 1.807) is 17.1 Å². The molecular weight excluding hydrogens is 366 g/mol. The normalized spacial score (nSPS) is 23.6. The van der Waals surface area contributed by atoms with E-state index >= 15 is 0 Å². The maximum Gasteiger partial charge on any atom is 0.322 e. The van der Waals surface area contributed by atoms with Gasteiger partial charge in [-0.2, -0.15) is 0 Å². The predicted molar refractivity (Wildman–Crippen MR) is 109 cm³/mol. The van der Waals surface area contributed by atoms with Crippen LogP contribution in [0, 0.1) is 5.92 Å². The van der Waals surface area contributed by atoms with Crippen LogP contribution in [0.2, 0.25) is 0 Å². The van der Waals surface area contributed by atoms with E-state index in [9.17, 15) is 4.79 Å². The lowest BCUT2D eigenvalue weighted by atomic mass is 9.84. The van der Waals surface area contributed by atoms with Gasteiger partial charge in [-0.25, -0.2) is 9.48 Å². The summed E-state index contributed by atoms with van der Waals surface area (Å²) in [6.07, 6.45) is 4.30. The van der Waals surface area contributed by atoms with Gasteiger partial charge < -0.3 is 15.0 Å². The summed E-state index contributed by atoms with van der Waals surface area (Å²) in [5.74, 6) is 0.647. The molecule has 0 saturated carbocycles. The molecule has 5 rings (SSSR count). The van der Waals surface area contributed by atoms with Gasteiger partial charge >= 0.3 is 6.03 Å². The van der Waals surface area contributed by atoms with E-state index in [4.69, 9.17) is 4.74 Å². The number of carbonyl (C=O) groups excluding carboxylic acids is 1. The Kier molecular flexibility index (Phi) is 4.73. The highest BCUT2D eigenvalue weighted by Gasteiger charge is 2.45. The van der Waals surface area contributed by atoms with Gasteiger partial charge in [0.05, 0.1) is 24.7 Å². The first-order chi connectivity index (χ1) is 14.3. The van der Waals surface area contributed by atoms with E-state index in [1.165, 1.54) is 5.56 Å². The van der Waals surface area contributed by atoms with Crippen molar-refractivity contribution < 1.29 is 9.53 Å². The largest absolute Gasteiger partial charge is 0.381 e. The second-order valence-corrected chi connectivity index (χ2v) is 7.59. The third kappa shape index (κ3) is 3.49. The van der Waals surface area contributed by atoms with E-state index in [2.05, 4.69) is 39.9 Å². The summed E-state index contributed by atoms with van der Waals surface area (Å²) < 4.78 is 7.44. The number of carbonyl (C=O) groups is 1. The zero-order valence-electron chi connectivity index (χ0n) is 16.0. The minimum absolute atomic E-state index is 0.0474. The highest BCUT2D eigenvalue weighted by atomic mass is 16.5. The number of nitrogens with one attached hydrogen (secondary N) is 1. The van der Waals surface area contributed by atoms with Gasteiger partial charge in [-0.15, -0.1) is 5.10 Å². The summed E-state index contributed by atoms with van der Waals surface area (Å²) in [6, 6.07) is 18.2. The van der Waals surface area contributed by atoms with E-state index in [-0.39, 0.29) is 12.1 Å². The molecule has 2 fully saturated rings. The predicted octanol–water partition coefficient (Wildman–Crippen LogP) is 3.30. The highest BCUT2D eigenvalue weighted by molar-refractivity contribution is 5.90. The fraction of sp³-hybridized carbons (Fsp3) is 0.318. The Labute approximate surface area is 169 Å². The zero-order valence-corrected chi connectivity index (χ0v) is 16.0. The van der Waals surface area contributed by atoms with Crippen LogP contribution in [0.4, 0.5) is 10.5 Å². The Bertz CT molecular complexity index is 959. The van der Waals surface area contributed by atoms with Crippen LogP contribution in [0.5, 0.6) is 0 Å². The number of nitrogens with zero attached hydrogens (tertiary/aromatic N) is 4. The van der Waals surface area contributed by atoms with Gasteiger partial charge in [0.1, 0.15) is 0 Å². The second-order valence-electron chi connectivity index (χ2n) is 7.59. The third-order valence-corrected chi connectivity index (χ3v) is 5.97. The standard InChI is InChI=1S/C22H23N5O2/c28-22(24-17-6-8-18(9-7-17)27-12-11-23-25-27)26-14-19(16-4-2-1-3-5-16)20-15-29-13-10-21(20)26/h1-9,11-12,19-21H,10,13-15H2,(H,24,28). The van der Waals surface area contributed by atoms with Crippen LogP contribution in [-0.2, 0) is 4.74 Å². The van der Waals surface area contributed by atoms with Crippen LogP contribution in [0.1, 0.15) is 17.9 Å². The molecule has 0 bridgehead atoms. The minimum Gasteiger partial charge on any atom is -0.381 e. The van der Waals surface area contributed by atoms with Gasteiger partial charge in [0.15, 0.2) is 0 Å². The zero-order chi connectivity index (χ0) is 19.6. The summed E-state index contributed by atoms with van der Waals surface area (Å²) in [5, 5.41) is 10.9. The van der Waals surface area contributed by atoms with Crippen molar-refractivity contribution in [1.82, 2.24) is 19.9 Å². The highest BCUT2D eigenvalue weighted by Crippen LogP contribution is 2.41. The lowest BCUT2D eigenvalue weighted by Gasteiger charge is -2.32. The molecule has 2 amide bonds. The molecule has 0 aliphatic carbocycles. The van der Waals surface area contributed by atoms with Crippen molar-refractivity contribution in [2.75, 3.05) is 25.1 Å². The molecule has 3 atom stereocenters. The van der Waals surface area contributed by atoms with Crippen LogP contribution >= 0.6 is 0 Å². The molecule has 3 unspecified atom stereocenters. The van der Waals surface area contributed by atoms with Crippen molar-refractivity contribution in [3.8, 4) is 5.69 Å². The smallest absolute Gasteiger partial charge is 0.322 e. The summed E-state index contributed by atoms with van der Waals surface area (Å²) in [4.78, 5) is 15.1. The molecule has 3 heterocycles. The number of rotatable bonds is 3. The average Bonchev–Trinajstić information content (AvgIpc) is 3.43. The average molecular weight is 389 g/mol. The molecule has 0 radical (unpaired) electrons.